The van der Waals surface area contributed by atoms with E-state index in [0.29, 0.717) is 11.1 Å². The first-order valence-electron chi connectivity index (χ1n) is 6.67. The molecule has 1 heterocycles. The van der Waals surface area contributed by atoms with Gasteiger partial charge in [-0.1, -0.05) is 32.9 Å². The van der Waals surface area contributed by atoms with E-state index >= 15 is 0 Å². The van der Waals surface area contributed by atoms with Gasteiger partial charge >= 0.3 is 0 Å². The zero-order valence-electron chi connectivity index (χ0n) is 12.6. The Bertz CT molecular complexity index is 699. The van der Waals surface area contributed by atoms with Crippen LogP contribution in [0.4, 0.5) is 5.82 Å². The van der Waals surface area contributed by atoms with Gasteiger partial charge in [0, 0.05) is 18.8 Å². The Hall–Kier alpha value is -2.61. The second kappa shape index (κ2) is 5.41. The lowest BCUT2D eigenvalue weighted by Crippen LogP contribution is -2.15. The van der Waals surface area contributed by atoms with Crippen LogP contribution >= 0.6 is 0 Å². The van der Waals surface area contributed by atoms with Crippen molar-refractivity contribution in [3.05, 3.63) is 47.2 Å². The van der Waals surface area contributed by atoms with Crippen LogP contribution in [0.25, 0.3) is 0 Å². The van der Waals surface area contributed by atoms with E-state index in [1.54, 1.807) is 25.4 Å². The first kappa shape index (κ1) is 14.8. The lowest BCUT2D eigenvalue weighted by atomic mass is 9.87. The van der Waals surface area contributed by atoms with Crippen molar-refractivity contribution in [2.45, 2.75) is 26.2 Å². The molecule has 1 amide bonds. The molecule has 0 spiro atoms. The lowest BCUT2D eigenvalue weighted by molar-refractivity contribution is 0.102. The van der Waals surface area contributed by atoms with Crippen molar-refractivity contribution >= 4 is 11.7 Å². The Morgan fingerprint density at radius 1 is 1.29 bits per heavy atom. The minimum absolute atomic E-state index is 0.0456. The zero-order chi connectivity index (χ0) is 15.6. The van der Waals surface area contributed by atoms with Crippen LogP contribution in [0.1, 0.15) is 42.3 Å². The van der Waals surface area contributed by atoms with Crippen LogP contribution in [0.5, 0.6) is 0 Å². The molecule has 2 rings (SSSR count). The molecular weight excluding hydrogens is 264 g/mol. The number of rotatable bonds is 2. The Labute approximate surface area is 124 Å². The number of amides is 1. The Balaban J connectivity index is 2.19. The summed E-state index contributed by atoms with van der Waals surface area (Å²) in [6.07, 6.45) is 1.57. The standard InChI is InChI=1S/C16H18N4O/c1-16(2,3)13-7-5-11(6-8-13)15(21)18-14-12(9-17)10-20(4)19-14/h5-8,10H,1-4H3,(H,18,19,21). The number of nitriles is 1. The van der Waals surface area contributed by atoms with Gasteiger partial charge in [0.2, 0.25) is 0 Å². The van der Waals surface area contributed by atoms with E-state index in [4.69, 9.17) is 5.26 Å². The van der Waals surface area contributed by atoms with Gasteiger partial charge < -0.3 is 5.32 Å². The summed E-state index contributed by atoms with van der Waals surface area (Å²) in [5, 5.41) is 15.7. The highest BCUT2D eigenvalue weighted by atomic mass is 16.1. The van der Waals surface area contributed by atoms with E-state index in [9.17, 15) is 4.79 Å². The van der Waals surface area contributed by atoms with Crippen molar-refractivity contribution in [3.8, 4) is 6.07 Å². The molecule has 0 aliphatic carbocycles. The Kier molecular flexibility index (Phi) is 3.81. The zero-order valence-corrected chi connectivity index (χ0v) is 12.6. The summed E-state index contributed by atoms with van der Waals surface area (Å²) in [5.74, 6) is 0.00978. The molecule has 0 atom stereocenters. The van der Waals surface area contributed by atoms with Crippen LogP contribution in [-0.4, -0.2) is 15.7 Å². The Morgan fingerprint density at radius 2 is 1.90 bits per heavy atom. The number of aromatic nitrogens is 2. The minimum Gasteiger partial charge on any atom is -0.304 e. The van der Waals surface area contributed by atoms with Gasteiger partial charge in [0.1, 0.15) is 11.6 Å². The molecule has 0 bridgehead atoms. The first-order chi connectivity index (χ1) is 9.81. The van der Waals surface area contributed by atoms with Gasteiger partial charge in [-0.2, -0.15) is 10.4 Å². The number of carbonyl (C=O) groups is 1. The van der Waals surface area contributed by atoms with Crippen LogP contribution in [0.2, 0.25) is 0 Å². The monoisotopic (exact) mass is 282 g/mol. The van der Waals surface area contributed by atoms with Crippen molar-refractivity contribution in [2.24, 2.45) is 7.05 Å². The maximum atomic E-state index is 12.2. The number of anilines is 1. The number of aryl methyl sites for hydroxylation is 1. The summed E-state index contributed by atoms with van der Waals surface area (Å²) < 4.78 is 1.50. The average Bonchev–Trinajstić information content (AvgIpc) is 2.78. The number of nitrogens with zero attached hydrogens (tertiary/aromatic N) is 3. The number of carbonyl (C=O) groups excluding carboxylic acids is 1. The molecule has 108 valence electrons. The maximum absolute atomic E-state index is 12.2. The van der Waals surface area contributed by atoms with Gasteiger partial charge in [0.25, 0.3) is 5.91 Å². The first-order valence-corrected chi connectivity index (χ1v) is 6.67. The molecule has 5 nitrogen and oxygen atoms in total. The number of hydrogen-bond donors (Lipinski definition) is 1. The van der Waals surface area contributed by atoms with Gasteiger partial charge in [-0.05, 0) is 23.1 Å². The van der Waals surface area contributed by atoms with Crippen molar-refractivity contribution in [1.29, 1.82) is 5.26 Å². The van der Waals surface area contributed by atoms with Crippen LogP contribution in [-0.2, 0) is 12.5 Å². The van der Waals surface area contributed by atoms with Gasteiger partial charge in [-0.3, -0.25) is 9.48 Å². The highest BCUT2D eigenvalue weighted by molar-refractivity contribution is 6.04. The molecule has 0 aliphatic rings. The molecule has 1 aromatic carbocycles. The lowest BCUT2D eigenvalue weighted by Gasteiger charge is -2.18. The molecule has 1 aromatic heterocycles. The normalized spacial score (nSPS) is 11.0. The summed E-state index contributed by atoms with van der Waals surface area (Å²) in [7, 11) is 1.70. The van der Waals surface area contributed by atoms with Gasteiger partial charge in [-0.15, -0.1) is 0 Å². The molecule has 0 unspecified atom stereocenters. The molecule has 0 radical (unpaired) electrons. The quantitative estimate of drug-likeness (QED) is 0.920. The van der Waals surface area contributed by atoms with Crippen LogP contribution in [0.3, 0.4) is 0 Å². The third kappa shape index (κ3) is 3.29. The molecule has 0 aliphatic heterocycles. The molecular formula is C16H18N4O. The van der Waals surface area contributed by atoms with Crippen LogP contribution < -0.4 is 5.32 Å². The number of nitrogens with one attached hydrogen (secondary N) is 1. The fourth-order valence-corrected chi connectivity index (χ4v) is 1.96. The summed E-state index contributed by atoms with van der Waals surface area (Å²) in [6, 6.07) is 9.46. The van der Waals surface area contributed by atoms with Crippen LogP contribution in [0.15, 0.2) is 30.5 Å². The third-order valence-electron chi connectivity index (χ3n) is 3.19. The average molecular weight is 282 g/mol. The molecule has 1 N–H and O–H groups in total. The predicted molar refractivity (Wildman–Crippen MR) is 81.0 cm³/mol. The summed E-state index contributed by atoms with van der Waals surface area (Å²) >= 11 is 0. The molecule has 0 saturated carbocycles. The Morgan fingerprint density at radius 3 is 2.43 bits per heavy atom. The van der Waals surface area contributed by atoms with E-state index < -0.39 is 0 Å². The van der Waals surface area contributed by atoms with E-state index in [1.807, 2.05) is 18.2 Å². The van der Waals surface area contributed by atoms with Crippen molar-refractivity contribution in [3.63, 3.8) is 0 Å². The largest absolute Gasteiger partial charge is 0.304 e. The van der Waals surface area contributed by atoms with Crippen molar-refractivity contribution in [2.75, 3.05) is 5.32 Å². The fraction of sp³-hybridized carbons (Fsp3) is 0.312. The second-order valence-electron chi connectivity index (χ2n) is 5.96. The molecule has 0 fully saturated rings. The van der Waals surface area contributed by atoms with Gasteiger partial charge in [0.15, 0.2) is 5.82 Å². The van der Waals surface area contributed by atoms with E-state index in [-0.39, 0.29) is 17.1 Å². The predicted octanol–water partition coefficient (Wildman–Crippen LogP) is 2.84. The fourth-order valence-electron chi connectivity index (χ4n) is 1.96. The molecule has 2 aromatic rings. The molecule has 5 heteroatoms. The molecule has 21 heavy (non-hydrogen) atoms. The third-order valence-corrected chi connectivity index (χ3v) is 3.19. The van der Waals surface area contributed by atoms with Crippen molar-refractivity contribution in [1.82, 2.24) is 9.78 Å². The summed E-state index contributed by atoms with van der Waals surface area (Å²) in [5.41, 5.74) is 2.09. The van der Waals surface area contributed by atoms with Crippen LogP contribution in [0, 0.1) is 11.3 Å². The van der Waals surface area contributed by atoms with Crippen molar-refractivity contribution < 1.29 is 4.79 Å². The summed E-state index contributed by atoms with van der Waals surface area (Å²) in [4.78, 5) is 12.2. The number of benzene rings is 1. The van der Waals surface area contributed by atoms with Gasteiger partial charge in [0.05, 0.1) is 0 Å². The maximum Gasteiger partial charge on any atom is 0.256 e. The summed E-state index contributed by atoms with van der Waals surface area (Å²) in [6.45, 7) is 6.36. The SMILES string of the molecule is Cn1cc(C#N)c(NC(=O)c2ccc(C(C)(C)C)cc2)n1. The minimum atomic E-state index is -0.273. The van der Waals surface area contributed by atoms with Gasteiger partial charge in [-0.25, -0.2) is 0 Å². The highest BCUT2D eigenvalue weighted by Gasteiger charge is 2.16. The van der Waals surface area contributed by atoms with E-state index in [2.05, 4.69) is 31.2 Å². The molecule has 0 saturated heterocycles. The smallest absolute Gasteiger partial charge is 0.256 e. The topological polar surface area (TPSA) is 70.7 Å². The van der Waals surface area contributed by atoms with E-state index in [0.717, 1.165) is 5.56 Å². The second-order valence-corrected chi connectivity index (χ2v) is 5.96. The highest BCUT2D eigenvalue weighted by Crippen LogP contribution is 2.22. The number of hydrogen-bond acceptors (Lipinski definition) is 3. The van der Waals surface area contributed by atoms with E-state index in [1.165, 1.54) is 4.68 Å².